The minimum absolute atomic E-state index is 0.0790. The Hall–Kier alpha value is -7.26. The van der Waals surface area contributed by atoms with Crippen LogP contribution in [0.15, 0.2) is 158 Å². The first-order valence-corrected chi connectivity index (χ1v) is 29.7. The highest BCUT2D eigenvalue weighted by Gasteiger charge is 2.71. The lowest BCUT2D eigenvalue weighted by atomic mass is 9.78. The van der Waals surface area contributed by atoms with Gasteiger partial charge in [-0.05, 0) is 64.7 Å². The molecular weight excluding hydrogens is 1030 g/mol. The van der Waals surface area contributed by atoms with E-state index >= 15 is 0 Å². The standard InChI is InChI=1S/C59H60N6O11SSi/c1-58(2,3)78(5,6)76-42-31-44(65-35-62-47-52(60-34-61-53(47)65)63-54(66)37-21-13-8-14-22-37)72-43(42)33-71-57(69)74-50-48-45-46(56(68)64(55(45)67)32-36-19-11-7-12-20-36)49(73-48)51(50)75-77-59(38-23-15-9-16-24-38,39-25-17-10-18-26-39)40-27-29-41(70-4)30-28-40/h7-30,34-35,42-46,48-51H,31-33H2,1-6H3,(H,60,61,63,66)/t42-,43+,44+,45?,46?,48?,49?,50?,51?/m0/s1. The predicted molar refractivity (Wildman–Crippen MR) is 292 cm³/mol. The quantitative estimate of drug-likeness (QED) is 0.0298. The van der Waals surface area contributed by atoms with Gasteiger partial charge >= 0.3 is 6.16 Å². The second-order valence-corrected chi connectivity index (χ2v) is 27.2. The van der Waals surface area contributed by atoms with Gasteiger partial charge in [0, 0.05) is 24.0 Å². The number of aromatic nitrogens is 4. The highest BCUT2D eigenvalue weighted by Crippen LogP contribution is 2.55. The molecule has 4 aliphatic heterocycles. The van der Waals surface area contributed by atoms with Crippen molar-refractivity contribution in [3.8, 4) is 5.75 Å². The zero-order chi connectivity index (χ0) is 54.3. The summed E-state index contributed by atoms with van der Waals surface area (Å²) in [4.78, 5) is 71.3. The number of imide groups is 1. The number of carbonyl (C=O) groups excluding carboxylic acids is 4. The zero-order valence-electron chi connectivity index (χ0n) is 44.0. The Morgan fingerprint density at radius 1 is 0.744 bits per heavy atom. The Balaban J connectivity index is 0.881. The topological polar surface area (TPSA) is 192 Å². The van der Waals surface area contributed by atoms with Crippen LogP contribution in [0.4, 0.5) is 10.6 Å². The highest BCUT2D eigenvalue weighted by atomic mass is 32.2. The summed E-state index contributed by atoms with van der Waals surface area (Å²) in [6.45, 7) is 10.5. The van der Waals surface area contributed by atoms with Crippen molar-refractivity contribution in [3.63, 3.8) is 0 Å². The van der Waals surface area contributed by atoms with Crippen LogP contribution in [0.25, 0.3) is 11.2 Å². The zero-order valence-corrected chi connectivity index (χ0v) is 45.8. The summed E-state index contributed by atoms with van der Waals surface area (Å²) in [5.41, 5.74) is 4.67. The van der Waals surface area contributed by atoms with Crippen molar-refractivity contribution in [1.82, 2.24) is 24.4 Å². The number of amides is 3. The molecule has 402 valence electrons. The molecule has 0 radical (unpaired) electrons. The number of anilines is 1. The molecule has 6 unspecified atom stereocenters. The summed E-state index contributed by atoms with van der Waals surface area (Å²) in [6, 6.07) is 45.7. The molecule has 2 bridgehead atoms. The van der Waals surface area contributed by atoms with E-state index in [9.17, 15) is 19.2 Å². The largest absolute Gasteiger partial charge is 0.508 e. The van der Waals surface area contributed by atoms with Crippen LogP contribution in [0, 0.1) is 11.8 Å². The van der Waals surface area contributed by atoms with Crippen molar-refractivity contribution in [3.05, 3.63) is 186 Å². The number of likely N-dealkylation sites (tertiary alicyclic amines) is 1. The fourth-order valence-electron chi connectivity index (χ4n) is 10.8. The van der Waals surface area contributed by atoms with E-state index in [4.69, 9.17) is 32.3 Å². The molecule has 2 aromatic heterocycles. The van der Waals surface area contributed by atoms with Crippen molar-refractivity contribution in [1.29, 1.82) is 0 Å². The van der Waals surface area contributed by atoms with Gasteiger partial charge in [0.05, 0.1) is 37.9 Å². The van der Waals surface area contributed by atoms with Crippen LogP contribution >= 0.6 is 12.0 Å². The first-order chi connectivity index (χ1) is 37.6. The van der Waals surface area contributed by atoms with Crippen molar-refractivity contribution in [2.75, 3.05) is 19.0 Å². The minimum atomic E-state index is -2.46. The number of carbonyl (C=O) groups is 4. The van der Waals surface area contributed by atoms with Crippen molar-refractivity contribution in [2.24, 2.45) is 11.8 Å². The summed E-state index contributed by atoms with van der Waals surface area (Å²) < 4.78 is 46.1. The molecule has 9 atom stereocenters. The number of nitrogens with zero attached hydrogens (tertiary/aromatic N) is 5. The van der Waals surface area contributed by atoms with Crippen LogP contribution in [0.5, 0.6) is 5.75 Å². The molecule has 4 saturated heterocycles. The third-order valence-corrected chi connectivity index (χ3v) is 21.6. The van der Waals surface area contributed by atoms with E-state index in [0.29, 0.717) is 28.9 Å². The van der Waals surface area contributed by atoms with Gasteiger partial charge in [-0.3, -0.25) is 23.9 Å². The average Bonchev–Trinajstić information content (AvgIpc) is 4.18. The molecule has 0 spiro atoms. The van der Waals surface area contributed by atoms with Crippen LogP contribution in [-0.2, 0) is 48.4 Å². The van der Waals surface area contributed by atoms with E-state index < -0.39 is 79.8 Å². The monoisotopic (exact) mass is 1090 g/mol. The molecule has 4 fully saturated rings. The molecular formula is C59H60N6O11SSi. The third kappa shape index (κ3) is 9.87. The number of ether oxygens (including phenoxy) is 5. The maximum absolute atomic E-state index is 14.5. The SMILES string of the molecule is COc1ccc(C(SOC2C(OC(=O)OC[C@H]3O[C@@H](n4cnc5c(NC(=O)c6ccccc6)ncnc54)C[C@@H]3O[Si](C)(C)C(C)(C)C)C3OC2C2C(=O)N(Cc4ccccc4)C(=O)C32)(c2ccccc2)c2ccccc2)cc1. The normalized spacial score (nSPS) is 23.9. The van der Waals surface area contributed by atoms with Gasteiger partial charge in [-0.2, -0.15) is 0 Å². The summed E-state index contributed by atoms with van der Waals surface area (Å²) in [5, 5.41) is 2.68. The van der Waals surface area contributed by atoms with Gasteiger partial charge in [0.25, 0.3) is 5.91 Å². The molecule has 78 heavy (non-hydrogen) atoms. The number of fused-ring (bicyclic) bond motifs is 6. The van der Waals surface area contributed by atoms with E-state index in [2.05, 4.69) is 54.1 Å². The summed E-state index contributed by atoms with van der Waals surface area (Å²) in [5.74, 6) is -2.06. The first-order valence-electron chi connectivity index (χ1n) is 26.0. The minimum Gasteiger partial charge on any atom is -0.497 e. The summed E-state index contributed by atoms with van der Waals surface area (Å²) in [7, 11) is -0.843. The van der Waals surface area contributed by atoms with Crippen LogP contribution in [0.2, 0.25) is 18.1 Å². The Bertz CT molecular complexity index is 3260. The van der Waals surface area contributed by atoms with Crippen LogP contribution in [0.3, 0.4) is 0 Å². The fraction of sp³-hybridized carbons (Fsp3) is 0.339. The van der Waals surface area contributed by atoms with Gasteiger partial charge in [0.15, 0.2) is 31.4 Å². The van der Waals surface area contributed by atoms with Crippen molar-refractivity contribution in [2.45, 2.75) is 99.5 Å². The summed E-state index contributed by atoms with van der Waals surface area (Å²) in [6.07, 6.45) is -4.00. The van der Waals surface area contributed by atoms with E-state index in [1.165, 1.54) is 11.2 Å². The van der Waals surface area contributed by atoms with Crippen LogP contribution < -0.4 is 10.1 Å². The first kappa shape index (κ1) is 52.8. The van der Waals surface area contributed by atoms with Crippen LogP contribution in [-0.4, -0.2) is 107 Å². The second kappa shape index (κ2) is 21.5. The highest BCUT2D eigenvalue weighted by molar-refractivity contribution is 7.96. The lowest BCUT2D eigenvalue weighted by Gasteiger charge is -2.39. The number of benzene rings is 5. The van der Waals surface area contributed by atoms with E-state index in [1.807, 2.05) is 121 Å². The van der Waals surface area contributed by atoms with Crippen molar-refractivity contribution >= 4 is 61.2 Å². The van der Waals surface area contributed by atoms with Gasteiger partial charge < -0.3 is 37.6 Å². The number of hydrogen-bond acceptors (Lipinski definition) is 15. The number of methoxy groups -OCH3 is 1. The molecule has 0 aliphatic carbocycles. The fourth-order valence-corrected chi connectivity index (χ4v) is 13.3. The maximum atomic E-state index is 14.5. The average molecular weight is 1090 g/mol. The van der Waals surface area contributed by atoms with E-state index in [1.54, 1.807) is 42.3 Å². The molecule has 19 heteroatoms. The van der Waals surface area contributed by atoms with E-state index in [0.717, 1.165) is 34.3 Å². The van der Waals surface area contributed by atoms with Crippen LogP contribution in [0.1, 0.15) is 66.0 Å². The Morgan fingerprint density at radius 3 is 1.95 bits per heavy atom. The predicted octanol–water partition coefficient (Wildman–Crippen LogP) is 9.89. The maximum Gasteiger partial charge on any atom is 0.508 e. The second-order valence-electron chi connectivity index (χ2n) is 21.4. The molecule has 0 saturated carbocycles. The molecule has 6 heterocycles. The van der Waals surface area contributed by atoms with Gasteiger partial charge in [-0.25, -0.2) is 19.7 Å². The smallest absolute Gasteiger partial charge is 0.497 e. The summed E-state index contributed by atoms with van der Waals surface area (Å²) >= 11 is 1.16. The molecule has 7 aromatic rings. The molecule has 5 aromatic carbocycles. The van der Waals surface area contributed by atoms with Gasteiger partial charge in [0.2, 0.25) is 11.8 Å². The molecule has 17 nitrogen and oxygen atoms in total. The van der Waals surface area contributed by atoms with Gasteiger partial charge in [0.1, 0.15) is 54.1 Å². The molecule has 3 amide bonds. The van der Waals surface area contributed by atoms with Gasteiger partial charge in [-0.15, -0.1) is 0 Å². The lowest BCUT2D eigenvalue weighted by molar-refractivity contribution is -0.144. The number of hydrogen-bond donors (Lipinski definition) is 1. The molecule has 1 N–H and O–H groups in total. The number of rotatable bonds is 17. The Labute approximate surface area is 457 Å². The molecule has 11 rings (SSSR count). The van der Waals surface area contributed by atoms with Gasteiger partial charge in [-0.1, -0.05) is 142 Å². The third-order valence-electron chi connectivity index (χ3n) is 15.8. The molecule has 4 aliphatic rings. The van der Waals surface area contributed by atoms with Crippen molar-refractivity contribution < 1.29 is 51.5 Å². The van der Waals surface area contributed by atoms with E-state index in [-0.39, 0.29) is 35.8 Å². The number of nitrogens with one attached hydrogen (secondary N) is 1. The Morgan fingerprint density at radius 2 is 1.33 bits per heavy atom. The Kier molecular flexibility index (Phi) is 14.6. The number of imidazole rings is 1. The lowest BCUT2D eigenvalue weighted by Crippen LogP contribution is -2.51.